The van der Waals surface area contributed by atoms with Gasteiger partial charge in [0, 0.05) is 13.1 Å². The molecule has 1 amide bonds. The summed E-state index contributed by atoms with van der Waals surface area (Å²) < 4.78 is 5.76. The monoisotopic (exact) mass is 328 g/mol. The maximum absolute atomic E-state index is 12.0. The molecule has 1 aromatic rings. The molecule has 19 heavy (non-hydrogen) atoms. The van der Waals surface area contributed by atoms with Crippen LogP contribution >= 0.6 is 15.9 Å². The zero-order chi connectivity index (χ0) is 13.7. The zero-order valence-corrected chi connectivity index (χ0v) is 12.4. The van der Waals surface area contributed by atoms with Crippen LogP contribution in [0, 0.1) is 0 Å². The van der Waals surface area contributed by atoms with Crippen molar-refractivity contribution < 1.29 is 9.53 Å². The highest BCUT2D eigenvalue weighted by Crippen LogP contribution is 2.21. The molecule has 0 atom stereocenters. The van der Waals surface area contributed by atoms with Crippen LogP contribution in [0.25, 0.3) is 0 Å². The van der Waals surface area contributed by atoms with E-state index in [4.69, 9.17) is 4.74 Å². The molecule has 0 unspecified atom stereocenters. The highest BCUT2D eigenvalue weighted by molar-refractivity contribution is 9.10. The summed E-state index contributed by atoms with van der Waals surface area (Å²) in [6.45, 7) is 1.92. The van der Waals surface area contributed by atoms with Crippen LogP contribution in [0.3, 0.4) is 0 Å². The van der Waals surface area contributed by atoms with E-state index in [9.17, 15) is 4.79 Å². The fourth-order valence-corrected chi connectivity index (χ4v) is 2.34. The van der Waals surface area contributed by atoms with Gasteiger partial charge in [-0.05, 0) is 35.2 Å². The van der Waals surface area contributed by atoms with Gasteiger partial charge in [-0.15, -0.1) is 0 Å². The van der Waals surface area contributed by atoms with Gasteiger partial charge in [0.05, 0.1) is 24.3 Å². The number of nitrogens with zero attached hydrogens (tertiary/aromatic N) is 3. The van der Waals surface area contributed by atoms with Crippen LogP contribution in [0.4, 0.5) is 5.95 Å². The SMILES string of the molecule is COc1nc(NCC(=O)N2CCCCC2)ncc1Br. The van der Waals surface area contributed by atoms with Gasteiger partial charge in [0.15, 0.2) is 0 Å². The van der Waals surface area contributed by atoms with Crippen molar-refractivity contribution in [3.63, 3.8) is 0 Å². The molecule has 7 heteroatoms. The van der Waals surface area contributed by atoms with Crippen LogP contribution in [0.1, 0.15) is 19.3 Å². The Bertz CT molecular complexity index is 449. The van der Waals surface area contributed by atoms with Gasteiger partial charge in [0.25, 0.3) is 0 Å². The Morgan fingerprint density at radius 3 is 2.89 bits per heavy atom. The predicted molar refractivity (Wildman–Crippen MR) is 75.2 cm³/mol. The molecule has 0 radical (unpaired) electrons. The molecule has 2 heterocycles. The normalized spacial score (nSPS) is 15.2. The molecule has 1 saturated heterocycles. The number of nitrogens with one attached hydrogen (secondary N) is 1. The van der Waals surface area contributed by atoms with Crippen molar-refractivity contribution in [3.05, 3.63) is 10.7 Å². The van der Waals surface area contributed by atoms with Crippen LogP contribution in [0.5, 0.6) is 5.88 Å². The molecular weight excluding hydrogens is 312 g/mol. The lowest BCUT2D eigenvalue weighted by Gasteiger charge is -2.26. The second-order valence-electron chi connectivity index (χ2n) is 4.35. The average Bonchev–Trinajstić information content (AvgIpc) is 2.47. The second kappa shape index (κ2) is 6.70. The summed E-state index contributed by atoms with van der Waals surface area (Å²) in [6, 6.07) is 0. The summed E-state index contributed by atoms with van der Waals surface area (Å²) in [5, 5.41) is 2.93. The Labute approximate surface area is 120 Å². The zero-order valence-electron chi connectivity index (χ0n) is 10.9. The van der Waals surface area contributed by atoms with Gasteiger partial charge >= 0.3 is 0 Å². The first-order chi connectivity index (χ1) is 9.20. The highest BCUT2D eigenvalue weighted by atomic mass is 79.9. The number of carbonyl (C=O) groups excluding carboxylic acids is 1. The molecule has 1 fully saturated rings. The van der Waals surface area contributed by atoms with E-state index in [0.717, 1.165) is 25.9 Å². The predicted octanol–water partition coefficient (Wildman–Crippen LogP) is 1.67. The van der Waals surface area contributed by atoms with Gasteiger partial charge in [-0.2, -0.15) is 4.98 Å². The van der Waals surface area contributed by atoms with E-state index >= 15 is 0 Å². The molecule has 0 spiro atoms. The van der Waals surface area contributed by atoms with E-state index in [1.54, 1.807) is 6.20 Å². The van der Waals surface area contributed by atoms with E-state index in [-0.39, 0.29) is 12.5 Å². The van der Waals surface area contributed by atoms with Gasteiger partial charge in [-0.3, -0.25) is 4.79 Å². The molecule has 1 aliphatic heterocycles. The lowest BCUT2D eigenvalue weighted by atomic mass is 10.1. The summed E-state index contributed by atoms with van der Waals surface area (Å²) in [6.07, 6.45) is 4.99. The number of methoxy groups -OCH3 is 1. The third-order valence-corrected chi connectivity index (χ3v) is 3.56. The number of anilines is 1. The van der Waals surface area contributed by atoms with Crippen LogP contribution < -0.4 is 10.1 Å². The smallest absolute Gasteiger partial charge is 0.241 e. The molecule has 0 saturated carbocycles. The fourth-order valence-electron chi connectivity index (χ4n) is 1.99. The van der Waals surface area contributed by atoms with E-state index in [1.807, 2.05) is 4.90 Å². The first-order valence-electron chi connectivity index (χ1n) is 6.29. The highest BCUT2D eigenvalue weighted by Gasteiger charge is 2.16. The second-order valence-corrected chi connectivity index (χ2v) is 5.20. The Balaban J connectivity index is 1.89. The van der Waals surface area contributed by atoms with Crippen molar-refractivity contribution in [1.29, 1.82) is 0 Å². The van der Waals surface area contributed by atoms with Crippen LogP contribution in [-0.2, 0) is 4.79 Å². The molecule has 2 rings (SSSR count). The largest absolute Gasteiger partial charge is 0.480 e. The molecule has 104 valence electrons. The van der Waals surface area contributed by atoms with Crippen molar-refractivity contribution in [2.75, 3.05) is 32.1 Å². The standard InChI is InChI=1S/C12H17BrN4O2/c1-19-11-9(13)7-14-12(16-11)15-8-10(18)17-5-3-2-4-6-17/h7H,2-6,8H2,1H3,(H,14,15,16). The number of hydrogen-bond donors (Lipinski definition) is 1. The third-order valence-electron chi connectivity index (χ3n) is 3.01. The van der Waals surface area contributed by atoms with Gasteiger partial charge in [0.1, 0.15) is 0 Å². The number of amides is 1. The Morgan fingerprint density at radius 2 is 2.21 bits per heavy atom. The minimum Gasteiger partial charge on any atom is -0.480 e. The summed E-state index contributed by atoms with van der Waals surface area (Å²) in [5.41, 5.74) is 0. The Morgan fingerprint density at radius 1 is 1.47 bits per heavy atom. The molecular formula is C12H17BrN4O2. The number of halogens is 1. The molecule has 0 aliphatic carbocycles. The van der Waals surface area contributed by atoms with Gasteiger partial charge in [-0.1, -0.05) is 0 Å². The molecule has 0 aromatic carbocycles. The number of rotatable bonds is 4. The Kier molecular flexibility index (Phi) is 4.95. The van der Waals surface area contributed by atoms with Crippen molar-refractivity contribution in [2.24, 2.45) is 0 Å². The summed E-state index contributed by atoms with van der Waals surface area (Å²) in [5.74, 6) is 0.929. The summed E-state index contributed by atoms with van der Waals surface area (Å²) in [4.78, 5) is 22.1. The van der Waals surface area contributed by atoms with Gasteiger partial charge in [0.2, 0.25) is 17.7 Å². The first kappa shape index (κ1) is 14.0. The molecule has 1 N–H and O–H groups in total. The number of piperidine rings is 1. The van der Waals surface area contributed by atoms with Crippen LogP contribution in [-0.4, -0.2) is 47.5 Å². The van der Waals surface area contributed by atoms with Crippen LogP contribution in [0.15, 0.2) is 10.7 Å². The van der Waals surface area contributed by atoms with Crippen molar-refractivity contribution in [2.45, 2.75) is 19.3 Å². The first-order valence-corrected chi connectivity index (χ1v) is 7.08. The fraction of sp³-hybridized carbons (Fsp3) is 0.583. The van der Waals surface area contributed by atoms with Gasteiger partial charge in [-0.25, -0.2) is 4.98 Å². The average molecular weight is 329 g/mol. The number of aromatic nitrogens is 2. The number of hydrogen-bond acceptors (Lipinski definition) is 5. The lowest BCUT2D eigenvalue weighted by molar-refractivity contribution is -0.130. The lowest BCUT2D eigenvalue weighted by Crippen LogP contribution is -2.39. The van der Waals surface area contributed by atoms with Crippen LogP contribution in [0.2, 0.25) is 0 Å². The topological polar surface area (TPSA) is 67.3 Å². The quantitative estimate of drug-likeness (QED) is 0.910. The summed E-state index contributed by atoms with van der Waals surface area (Å²) >= 11 is 3.28. The number of ether oxygens (including phenoxy) is 1. The minimum atomic E-state index is 0.0881. The molecule has 1 aliphatic rings. The number of likely N-dealkylation sites (tertiary alicyclic amines) is 1. The van der Waals surface area contributed by atoms with Crippen molar-refractivity contribution >= 4 is 27.8 Å². The number of carbonyl (C=O) groups is 1. The third kappa shape index (κ3) is 3.79. The summed E-state index contributed by atoms with van der Waals surface area (Å²) in [7, 11) is 1.54. The van der Waals surface area contributed by atoms with Crippen molar-refractivity contribution in [1.82, 2.24) is 14.9 Å². The Hall–Kier alpha value is -1.37. The molecule has 6 nitrogen and oxygen atoms in total. The maximum Gasteiger partial charge on any atom is 0.241 e. The van der Waals surface area contributed by atoms with E-state index in [0.29, 0.717) is 16.3 Å². The van der Waals surface area contributed by atoms with Crippen molar-refractivity contribution in [3.8, 4) is 5.88 Å². The maximum atomic E-state index is 12.0. The minimum absolute atomic E-state index is 0.0881. The van der Waals surface area contributed by atoms with Gasteiger partial charge < -0.3 is 15.0 Å². The molecule has 0 bridgehead atoms. The molecule has 1 aromatic heterocycles. The van der Waals surface area contributed by atoms with E-state index in [1.165, 1.54) is 13.5 Å². The van der Waals surface area contributed by atoms with E-state index < -0.39 is 0 Å². The van der Waals surface area contributed by atoms with E-state index in [2.05, 4.69) is 31.2 Å².